The minimum atomic E-state index is -6.00. The summed E-state index contributed by atoms with van der Waals surface area (Å²) >= 11 is 0. The second kappa shape index (κ2) is 9.49. The molecule has 0 amide bonds. The minimum absolute atomic E-state index is 0. The third-order valence-corrected chi connectivity index (χ3v) is 0.224. The Labute approximate surface area is 72.4 Å². The van der Waals surface area contributed by atoms with Gasteiger partial charge in [0.1, 0.15) is 0 Å². The first kappa shape index (κ1) is 16.8. The summed E-state index contributed by atoms with van der Waals surface area (Å²) in [5, 5.41) is 7.88. The van der Waals surface area contributed by atoms with Crippen molar-refractivity contribution in [1.29, 1.82) is 0 Å². The van der Waals surface area contributed by atoms with Crippen LogP contribution in [0.1, 0.15) is 13.3 Å². The van der Waals surface area contributed by atoms with Gasteiger partial charge in [-0.2, -0.15) is 0 Å². The fraction of sp³-hybridized carbons (Fsp3) is 1.00. The van der Waals surface area contributed by atoms with Gasteiger partial charge in [0, 0.05) is 6.61 Å². The van der Waals surface area contributed by atoms with E-state index in [1.807, 2.05) is 6.92 Å². The summed E-state index contributed by atoms with van der Waals surface area (Å²) in [6, 6.07) is 0. The van der Waals surface area contributed by atoms with Gasteiger partial charge in [0.05, 0.1) is 0 Å². The van der Waals surface area contributed by atoms with Crippen LogP contribution in [0, 0.1) is 0 Å². The Morgan fingerprint density at radius 2 is 1.30 bits per heavy atom. The van der Waals surface area contributed by atoms with Crippen LogP contribution in [0.3, 0.4) is 0 Å². The average Bonchev–Trinajstić information content (AvgIpc) is 1.61. The monoisotopic (exact) mass is 254 g/mol. The van der Waals surface area contributed by atoms with Crippen molar-refractivity contribution in [2.75, 3.05) is 6.61 Å². The Balaban J connectivity index is -0.0000000910. The SMILES string of the molecule is CCCO.F[B-](F)(F)F.[Ag+]. The van der Waals surface area contributed by atoms with Crippen LogP contribution < -0.4 is 0 Å². The maximum absolute atomic E-state index is 9.75. The van der Waals surface area contributed by atoms with Crippen molar-refractivity contribution >= 4 is 7.25 Å². The Bertz CT molecular complexity index is 51.0. The van der Waals surface area contributed by atoms with E-state index >= 15 is 0 Å². The van der Waals surface area contributed by atoms with Crippen LogP contribution in [0.4, 0.5) is 17.3 Å². The van der Waals surface area contributed by atoms with Gasteiger partial charge in [-0.05, 0) is 6.42 Å². The molecule has 0 saturated carbocycles. The summed E-state index contributed by atoms with van der Waals surface area (Å²) in [4.78, 5) is 0. The van der Waals surface area contributed by atoms with E-state index in [2.05, 4.69) is 0 Å². The largest absolute Gasteiger partial charge is 1.00 e. The van der Waals surface area contributed by atoms with Crippen molar-refractivity contribution < 1.29 is 44.7 Å². The maximum atomic E-state index is 9.75. The molecule has 0 fully saturated rings. The van der Waals surface area contributed by atoms with Crippen LogP contribution in [0.15, 0.2) is 0 Å². The van der Waals surface area contributed by atoms with Gasteiger partial charge in [-0.25, -0.2) is 0 Å². The molecule has 0 unspecified atom stereocenters. The van der Waals surface area contributed by atoms with Gasteiger partial charge < -0.3 is 22.4 Å². The van der Waals surface area contributed by atoms with E-state index in [0.29, 0.717) is 6.61 Å². The summed E-state index contributed by atoms with van der Waals surface area (Å²) in [5.41, 5.74) is 0. The van der Waals surface area contributed by atoms with Gasteiger partial charge in [-0.15, -0.1) is 0 Å². The average molecular weight is 255 g/mol. The van der Waals surface area contributed by atoms with Crippen LogP contribution >= 0.6 is 0 Å². The predicted octanol–water partition coefficient (Wildman–Crippen LogP) is 1.69. The van der Waals surface area contributed by atoms with Crippen LogP contribution in [0.25, 0.3) is 0 Å². The normalized spacial score (nSPS) is 9.00. The molecular weight excluding hydrogens is 247 g/mol. The Morgan fingerprint density at radius 1 is 1.20 bits per heavy atom. The standard InChI is InChI=1S/C3H8O.Ag.BF4/c1-2-3-4;;2-1(3,4)5/h4H,2-3H2,1H3;;/q;+1;-1. The number of aliphatic hydroxyl groups is 1. The third-order valence-electron chi connectivity index (χ3n) is 0.224. The summed E-state index contributed by atoms with van der Waals surface area (Å²) in [7, 11) is -6.00. The molecule has 0 spiro atoms. The second-order valence-corrected chi connectivity index (χ2v) is 1.22. The molecule has 7 heteroatoms. The first-order valence-corrected chi connectivity index (χ1v) is 2.40. The van der Waals surface area contributed by atoms with E-state index in [1.165, 1.54) is 0 Å². The van der Waals surface area contributed by atoms with Gasteiger partial charge in [-0.3, -0.25) is 0 Å². The molecule has 0 heterocycles. The third kappa shape index (κ3) is 216. The van der Waals surface area contributed by atoms with E-state index in [9.17, 15) is 17.3 Å². The molecule has 0 rings (SSSR count). The van der Waals surface area contributed by atoms with Crippen LogP contribution in [-0.4, -0.2) is 19.0 Å². The van der Waals surface area contributed by atoms with Crippen LogP contribution in [-0.2, 0) is 22.4 Å². The Morgan fingerprint density at radius 3 is 1.30 bits per heavy atom. The number of halogens is 4. The molecule has 0 atom stereocenters. The first-order chi connectivity index (χ1) is 3.91. The van der Waals surface area contributed by atoms with E-state index in [4.69, 9.17) is 5.11 Å². The number of rotatable bonds is 1. The van der Waals surface area contributed by atoms with E-state index in [1.54, 1.807) is 0 Å². The maximum Gasteiger partial charge on any atom is 1.00 e. The molecule has 10 heavy (non-hydrogen) atoms. The van der Waals surface area contributed by atoms with Crippen molar-refractivity contribution in [2.24, 2.45) is 0 Å². The summed E-state index contributed by atoms with van der Waals surface area (Å²) < 4.78 is 39.0. The molecule has 1 nitrogen and oxygen atoms in total. The molecule has 0 aromatic carbocycles. The van der Waals surface area contributed by atoms with Gasteiger partial charge in [0.15, 0.2) is 0 Å². The fourth-order valence-corrected chi connectivity index (χ4v) is 0. The van der Waals surface area contributed by atoms with Crippen LogP contribution in [0.5, 0.6) is 0 Å². The number of hydrogen-bond acceptors (Lipinski definition) is 1. The topological polar surface area (TPSA) is 20.2 Å². The number of hydrogen-bond donors (Lipinski definition) is 1. The molecule has 0 aromatic heterocycles. The van der Waals surface area contributed by atoms with Crippen molar-refractivity contribution in [3.05, 3.63) is 0 Å². The molecule has 0 bridgehead atoms. The molecule has 0 saturated heterocycles. The molecule has 0 aliphatic rings. The molecular formula is C3H8AgBF4O. The molecule has 0 aromatic rings. The fourth-order valence-electron chi connectivity index (χ4n) is 0. The van der Waals surface area contributed by atoms with Gasteiger partial charge in [0.25, 0.3) is 0 Å². The van der Waals surface area contributed by atoms with Gasteiger partial charge in [-0.1, -0.05) is 6.92 Å². The summed E-state index contributed by atoms with van der Waals surface area (Å²) in [5.74, 6) is 0. The Hall–Kier alpha value is 0.485. The zero-order valence-electron chi connectivity index (χ0n) is 5.25. The Kier molecular flexibility index (Phi) is 16.0. The van der Waals surface area contributed by atoms with E-state index in [-0.39, 0.29) is 22.4 Å². The van der Waals surface area contributed by atoms with Crippen molar-refractivity contribution in [3.63, 3.8) is 0 Å². The summed E-state index contributed by atoms with van der Waals surface area (Å²) in [6.45, 7) is 2.25. The van der Waals surface area contributed by atoms with Crippen molar-refractivity contribution in [1.82, 2.24) is 0 Å². The van der Waals surface area contributed by atoms with Crippen LogP contribution in [0.2, 0.25) is 0 Å². The van der Waals surface area contributed by atoms with Gasteiger partial charge in [0.2, 0.25) is 0 Å². The van der Waals surface area contributed by atoms with E-state index in [0.717, 1.165) is 6.42 Å². The zero-order valence-corrected chi connectivity index (χ0v) is 6.73. The quantitative estimate of drug-likeness (QED) is 0.558. The van der Waals surface area contributed by atoms with Gasteiger partial charge >= 0.3 is 29.6 Å². The molecule has 0 radical (unpaired) electrons. The number of aliphatic hydroxyl groups excluding tert-OH is 1. The van der Waals surface area contributed by atoms with Crippen molar-refractivity contribution in [2.45, 2.75) is 13.3 Å². The predicted molar refractivity (Wildman–Crippen MR) is 27.6 cm³/mol. The summed E-state index contributed by atoms with van der Waals surface area (Å²) in [6.07, 6.45) is 0.875. The molecule has 0 aliphatic carbocycles. The molecule has 1 N–H and O–H groups in total. The first-order valence-electron chi connectivity index (χ1n) is 2.40. The molecule has 68 valence electrons. The van der Waals surface area contributed by atoms with Crippen molar-refractivity contribution in [3.8, 4) is 0 Å². The van der Waals surface area contributed by atoms with E-state index < -0.39 is 7.25 Å². The molecule has 0 aliphatic heterocycles. The zero-order chi connectivity index (χ0) is 7.91. The minimum Gasteiger partial charge on any atom is -0.418 e. The second-order valence-electron chi connectivity index (χ2n) is 1.22. The smallest absolute Gasteiger partial charge is 0.418 e.